The molecule has 0 aliphatic heterocycles. The number of hydrogen-bond donors (Lipinski definition) is 3. The van der Waals surface area contributed by atoms with Crippen LogP contribution in [0.25, 0.3) is 0 Å². The van der Waals surface area contributed by atoms with E-state index in [9.17, 15) is 0 Å². The summed E-state index contributed by atoms with van der Waals surface area (Å²) < 4.78 is 0.951. The molecule has 0 radical (unpaired) electrons. The summed E-state index contributed by atoms with van der Waals surface area (Å²) >= 11 is 4.84. The highest BCUT2D eigenvalue weighted by Crippen LogP contribution is 2.30. The van der Waals surface area contributed by atoms with Crippen molar-refractivity contribution in [3.63, 3.8) is 0 Å². The molecule has 0 bridgehead atoms. The quantitative estimate of drug-likeness (QED) is 0.602. The second-order valence-electron chi connectivity index (χ2n) is 3.05. The number of nitrogens with one attached hydrogen (secondary N) is 2. The van der Waals surface area contributed by atoms with Crippen molar-refractivity contribution < 1.29 is 0 Å². The van der Waals surface area contributed by atoms with Crippen molar-refractivity contribution in [3.8, 4) is 0 Å². The fraction of sp³-hybridized carbons (Fsp3) is 0. The number of nitrogens with two attached hydrogens (primary N) is 1. The summed E-state index contributed by atoms with van der Waals surface area (Å²) in [4.78, 5) is 8.02. The maximum absolute atomic E-state index is 7.49. The zero-order chi connectivity index (χ0) is 11.5. The van der Waals surface area contributed by atoms with Gasteiger partial charge in [-0.3, -0.25) is 5.41 Å². The van der Waals surface area contributed by atoms with Gasteiger partial charge in [0.05, 0.1) is 0 Å². The van der Waals surface area contributed by atoms with Crippen LogP contribution in [0.2, 0.25) is 0 Å². The Morgan fingerprint density at radius 3 is 2.94 bits per heavy atom. The predicted molar refractivity (Wildman–Crippen MR) is 67.9 cm³/mol. The number of rotatable bonds is 3. The van der Waals surface area contributed by atoms with Crippen molar-refractivity contribution in [2.24, 2.45) is 5.73 Å². The van der Waals surface area contributed by atoms with Crippen LogP contribution in [0.5, 0.6) is 0 Å². The van der Waals surface area contributed by atoms with Gasteiger partial charge in [-0.25, -0.2) is 4.98 Å². The van der Waals surface area contributed by atoms with Crippen molar-refractivity contribution in [1.29, 1.82) is 5.41 Å². The van der Waals surface area contributed by atoms with Crippen LogP contribution in [-0.2, 0) is 0 Å². The van der Waals surface area contributed by atoms with Gasteiger partial charge >= 0.3 is 0 Å². The molecule has 0 unspecified atom stereocenters. The largest absolute Gasteiger partial charge is 0.384 e. The maximum atomic E-state index is 7.49. The number of aromatic nitrogens is 2. The molecule has 0 saturated heterocycles. The van der Waals surface area contributed by atoms with Gasteiger partial charge in [0.15, 0.2) is 5.16 Å². The van der Waals surface area contributed by atoms with Gasteiger partial charge in [0.2, 0.25) is 0 Å². The molecule has 0 saturated carbocycles. The fourth-order valence-corrected chi connectivity index (χ4v) is 2.65. The van der Waals surface area contributed by atoms with Crippen LogP contribution in [0.3, 0.4) is 0 Å². The Bertz CT molecular complexity index is 510. The van der Waals surface area contributed by atoms with E-state index < -0.39 is 0 Å². The molecule has 0 aliphatic rings. The number of nitrogens with zero attached hydrogens (tertiary/aromatic N) is 1. The highest BCUT2D eigenvalue weighted by Gasteiger charge is 2.08. The maximum Gasteiger partial charge on any atom is 0.170 e. The highest BCUT2D eigenvalue weighted by molar-refractivity contribution is 9.10. The Balaban J connectivity index is 2.38. The van der Waals surface area contributed by atoms with Crippen molar-refractivity contribution in [3.05, 3.63) is 40.6 Å². The standard InChI is InChI=1S/C10H9BrN4S/c11-6-1-2-7(9(12)13)8(5-6)16-10-14-3-4-15-10/h1-5H,(H3,12,13)(H,14,15). The van der Waals surface area contributed by atoms with Crippen molar-refractivity contribution in [2.45, 2.75) is 10.1 Å². The number of halogens is 1. The summed E-state index contributed by atoms with van der Waals surface area (Å²) in [6.07, 6.45) is 3.45. The minimum atomic E-state index is 0.0570. The minimum absolute atomic E-state index is 0.0570. The Hall–Kier alpha value is -1.27. The smallest absolute Gasteiger partial charge is 0.170 e. The van der Waals surface area contributed by atoms with Gasteiger partial charge in [-0.1, -0.05) is 27.7 Å². The van der Waals surface area contributed by atoms with Gasteiger partial charge in [-0.15, -0.1) is 0 Å². The summed E-state index contributed by atoms with van der Waals surface area (Å²) in [6, 6.07) is 5.60. The van der Waals surface area contributed by atoms with E-state index >= 15 is 0 Å². The molecule has 0 atom stereocenters. The lowest BCUT2D eigenvalue weighted by Crippen LogP contribution is -2.12. The molecule has 4 nitrogen and oxygen atoms in total. The van der Waals surface area contributed by atoms with Crippen LogP contribution in [0, 0.1) is 5.41 Å². The molecule has 0 aliphatic carbocycles. The van der Waals surface area contributed by atoms with Gasteiger partial charge < -0.3 is 10.7 Å². The number of imidazole rings is 1. The number of nitrogen functional groups attached to an aromatic ring is 1. The van der Waals surface area contributed by atoms with E-state index in [1.165, 1.54) is 11.8 Å². The van der Waals surface area contributed by atoms with Crippen LogP contribution in [0.1, 0.15) is 5.56 Å². The summed E-state index contributed by atoms with van der Waals surface area (Å²) in [6.45, 7) is 0. The zero-order valence-corrected chi connectivity index (χ0v) is 10.6. The van der Waals surface area contributed by atoms with E-state index in [0.717, 1.165) is 14.5 Å². The lowest BCUT2D eigenvalue weighted by molar-refractivity contribution is 1.06. The molecular formula is C10H9BrN4S. The zero-order valence-electron chi connectivity index (χ0n) is 8.20. The Morgan fingerprint density at radius 1 is 1.50 bits per heavy atom. The molecule has 1 aromatic carbocycles. The average Bonchev–Trinajstić information content (AvgIpc) is 2.70. The molecule has 0 spiro atoms. The van der Waals surface area contributed by atoms with Crippen LogP contribution < -0.4 is 5.73 Å². The molecular weight excluding hydrogens is 288 g/mol. The second kappa shape index (κ2) is 4.71. The first-order valence-electron chi connectivity index (χ1n) is 4.48. The SMILES string of the molecule is N=C(N)c1ccc(Br)cc1Sc1ncc[nH]1. The van der Waals surface area contributed by atoms with Crippen LogP contribution >= 0.6 is 27.7 Å². The lowest BCUT2D eigenvalue weighted by atomic mass is 10.2. The third-order valence-electron chi connectivity index (χ3n) is 1.91. The van der Waals surface area contributed by atoms with Gasteiger partial charge in [0.25, 0.3) is 0 Å². The highest BCUT2D eigenvalue weighted by atomic mass is 79.9. The average molecular weight is 297 g/mol. The molecule has 1 heterocycles. The monoisotopic (exact) mass is 296 g/mol. The van der Waals surface area contributed by atoms with Crippen LogP contribution in [0.4, 0.5) is 0 Å². The summed E-state index contributed by atoms with van der Waals surface area (Å²) in [5.74, 6) is 0.0570. The molecule has 2 rings (SSSR count). The molecule has 6 heteroatoms. The van der Waals surface area contributed by atoms with Crippen LogP contribution in [0.15, 0.2) is 45.1 Å². The summed E-state index contributed by atoms with van der Waals surface area (Å²) in [5, 5.41) is 8.27. The number of H-pyrrole nitrogens is 1. The Kier molecular flexibility index (Phi) is 3.31. The number of aromatic amines is 1. The van der Waals surface area contributed by atoms with E-state index in [4.69, 9.17) is 11.1 Å². The first-order chi connectivity index (χ1) is 7.66. The minimum Gasteiger partial charge on any atom is -0.384 e. The molecule has 16 heavy (non-hydrogen) atoms. The molecule has 2 aromatic rings. The lowest BCUT2D eigenvalue weighted by Gasteiger charge is -2.06. The number of hydrogen-bond acceptors (Lipinski definition) is 3. The first-order valence-corrected chi connectivity index (χ1v) is 6.09. The fourth-order valence-electron chi connectivity index (χ4n) is 1.21. The van der Waals surface area contributed by atoms with E-state index in [-0.39, 0.29) is 5.84 Å². The van der Waals surface area contributed by atoms with Crippen molar-refractivity contribution in [2.75, 3.05) is 0 Å². The summed E-state index contributed by atoms with van der Waals surface area (Å²) in [7, 11) is 0. The molecule has 4 N–H and O–H groups in total. The third-order valence-corrected chi connectivity index (χ3v) is 3.38. The van der Waals surface area contributed by atoms with Crippen molar-refractivity contribution in [1.82, 2.24) is 9.97 Å². The molecule has 82 valence electrons. The Labute approximate surface area is 105 Å². The van der Waals surface area contributed by atoms with Gasteiger partial charge in [0, 0.05) is 27.3 Å². The van der Waals surface area contributed by atoms with E-state index in [2.05, 4.69) is 25.9 Å². The predicted octanol–water partition coefficient (Wildman–Crippen LogP) is 2.61. The topological polar surface area (TPSA) is 78.6 Å². The third kappa shape index (κ3) is 2.45. The number of benzene rings is 1. The first kappa shape index (κ1) is 11.2. The molecule has 0 amide bonds. The Morgan fingerprint density at radius 2 is 2.31 bits per heavy atom. The second-order valence-corrected chi connectivity index (χ2v) is 5.00. The van der Waals surface area contributed by atoms with Crippen LogP contribution in [-0.4, -0.2) is 15.8 Å². The summed E-state index contributed by atoms with van der Waals surface area (Å²) in [5.41, 5.74) is 6.23. The molecule has 1 aromatic heterocycles. The van der Waals surface area contributed by atoms with E-state index in [1.54, 1.807) is 12.4 Å². The van der Waals surface area contributed by atoms with Gasteiger partial charge in [-0.05, 0) is 18.2 Å². The van der Waals surface area contributed by atoms with E-state index in [1.807, 2.05) is 18.2 Å². The van der Waals surface area contributed by atoms with Crippen molar-refractivity contribution >= 4 is 33.5 Å². The normalized spacial score (nSPS) is 10.3. The van der Waals surface area contributed by atoms with Gasteiger partial charge in [-0.2, -0.15) is 0 Å². The van der Waals surface area contributed by atoms with Gasteiger partial charge in [0.1, 0.15) is 5.84 Å². The molecule has 0 fully saturated rings. The van der Waals surface area contributed by atoms with E-state index in [0.29, 0.717) is 5.56 Å². The number of amidine groups is 1.